The van der Waals surface area contributed by atoms with Crippen LogP contribution in [0.4, 0.5) is 5.82 Å². The van der Waals surface area contributed by atoms with Crippen LogP contribution in [0.3, 0.4) is 0 Å². The monoisotopic (exact) mass is 309 g/mol. The Morgan fingerprint density at radius 1 is 1.17 bits per heavy atom. The van der Waals surface area contributed by atoms with Crippen LogP contribution in [-0.2, 0) is 13.6 Å². The van der Waals surface area contributed by atoms with Crippen molar-refractivity contribution in [2.24, 2.45) is 7.05 Å². The van der Waals surface area contributed by atoms with Crippen LogP contribution in [0.1, 0.15) is 27.3 Å². The van der Waals surface area contributed by atoms with Crippen LogP contribution in [0.5, 0.6) is 0 Å². The zero-order chi connectivity index (χ0) is 16.4. The molecule has 1 aromatic carbocycles. The Balaban J connectivity index is 1.76. The minimum Gasteiger partial charge on any atom is -0.305 e. The third-order valence-electron chi connectivity index (χ3n) is 3.66. The van der Waals surface area contributed by atoms with Crippen LogP contribution < -0.4 is 5.32 Å². The normalized spacial score (nSPS) is 10.7. The van der Waals surface area contributed by atoms with Crippen LogP contribution in [0.2, 0.25) is 0 Å². The molecule has 0 unspecified atom stereocenters. The van der Waals surface area contributed by atoms with Gasteiger partial charge in [0.25, 0.3) is 5.91 Å². The van der Waals surface area contributed by atoms with Gasteiger partial charge in [0.05, 0.1) is 17.8 Å². The second-order valence-electron chi connectivity index (χ2n) is 5.57. The minimum atomic E-state index is -0.194. The standard InChI is InChI=1S/C17H19N5O/c1-12-9-16(18-17(23)15-11-21(3)19-13(15)2)20-22(12)10-14-7-5-4-6-8-14/h4-9,11H,10H2,1-3H3,(H,18,20,23). The molecule has 0 atom stereocenters. The molecule has 23 heavy (non-hydrogen) atoms. The average Bonchev–Trinajstić information content (AvgIpc) is 3.02. The number of nitrogens with one attached hydrogen (secondary N) is 1. The number of amides is 1. The molecule has 0 saturated carbocycles. The molecule has 6 heteroatoms. The molecule has 0 radical (unpaired) electrons. The predicted octanol–water partition coefficient (Wildman–Crippen LogP) is 2.53. The van der Waals surface area contributed by atoms with Gasteiger partial charge in [-0.1, -0.05) is 30.3 Å². The second kappa shape index (κ2) is 6.08. The maximum Gasteiger partial charge on any atom is 0.260 e. The molecular weight excluding hydrogens is 290 g/mol. The predicted molar refractivity (Wildman–Crippen MR) is 88.4 cm³/mol. The molecule has 0 fully saturated rings. The Morgan fingerprint density at radius 3 is 2.57 bits per heavy atom. The van der Waals surface area contributed by atoms with Gasteiger partial charge in [-0.3, -0.25) is 14.2 Å². The molecule has 0 aliphatic rings. The quantitative estimate of drug-likeness (QED) is 0.805. The highest BCUT2D eigenvalue weighted by molar-refractivity contribution is 6.04. The fraction of sp³-hybridized carbons (Fsp3) is 0.235. The number of carbonyl (C=O) groups excluding carboxylic acids is 1. The van der Waals surface area contributed by atoms with E-state index in [0.717, 1.165) is 5.69 Å². The van der Waals surface area contributed by atoms with Crippen LogP contribution in [0.25, 0.3) is 0 Å². The van der Waals surface area contributed by atoms with E-state index in [9.17, 15) is 4.79 Å². The van der Waals surface area contributed by atoms with Crippen molar-refractivity contribution in [2.45, 2.75) is 20.4 Å². The molecule has 1 amide bonds. The van der Waals surface area contributed by atoms with Crippen molar-refractivity contribution in [3.8, 4) is 0 Å². The summed E-state index contributed by atoms with van der Waals surface area (Å²) in [7, 11) is 1.79. The van der Waals surface area contributed by atoms with Gasteiger partial charge in [0.1, 0.15) is 0 Å². The van der Waals surface area contributed by atoms with Gasteiger partial charge in [-0.2, -0.15) is 10.2 Å². The van der Waals surface area contributed by atoms with Gasteiger partial charge in [-0.05, 0) is 19.4 Å². The molecule has 0 aliphatic carbocycles. The van der Waals surface area contributed by atoms with Crippen molar-refractivity contribution >= 4 is 11.7 Å². The van der Waals surface area contributed by atoms with Gasteiger partial charge in [0.15, 0.2) is 5.82 Å². The molecule has 2 heterocycles. The lowest BCUT2D eigenvalue weighted by Gasteiger charge is -2.04. The summed E-state index contributed by atoms with van der Waals surface area (Å²) >= 11 is 0. The van der Waals surface area contributed by atoms with Gasteiger partial charge in [0.2, 0.25) is 0 Å². The lowest BCUT2D eigenvalue weighted by Crippen LogP contribution is -2.13. The molecular formula is C17H19N5O. The zero-order valence-corrected chi connectivity index (χ0v) is 13.4. The number of hydrogen-bond donors (Lipinski definition) is 1. The third kappa shape index (κ3) is 3.31. The van der Waals surface area contributed by atoms with Crippen molar-refractivity contribution in [1.29, 1.82) is 0 Å². The maximum atomic E-state index is 12.3. The number of anilines is 1. The van der Waals surface area contributed by atoms with E-state index in [4.69, 9.17) is 0 Å². The summed E-state index contributed by atoms with van der Waals surface area (Å²) in [5.41, 5.74) is 3.42. The molecule has 0 bridgehead atoms. The number of aryl methyl sites for hydroxylation is 3. The first-order chi connectivity index (χ1) is 11.0. The summed E-state index contributed by atoms with van der Waals surface area (Å²) in [5, 5.41) is 11.5. The van der Waals surface area contributed by atoms with Crippen LogP contribution >= 0.6 is 0 Å². The summed E-state index contributed by atoms with van der Waals surface area (Å²) in [6.07, 6.45) is 1.71. The number of rotatable bonds is 4. The largest absolute Gasteiger partial charge is 0.305 e. The van der Waals surface area contributed by atoms with Gasteiger partial charge >= 0.3 is 0 Å². The molecule has 0 aliphatic heterocycles. The number of aromatic nitrogens is 4. The van der Waals surface area contributed by atoms with Crippen molar-refractivity contribution < 1.29 is 4.79 Å². The zero-order valence-electron chi connectivity index (χ0n) is 13.4. The molecule has 0 saturated heterocycles. The van der Waals surface area contributed by atoms with Gasteiger partial charge in [-0.25, -0.2) is 0 Å². The highest BCUT2D eigenvalue weighted by Gasteiger charge is 2.14. The Bertz CT molecular complexity index is 832. The Kier molecular flexibility index (Phi) is 3.97. The topological polar surface area (TPSA) is 64.7 Å². The Hall–Kier alpha value is -2.89. The van der Waals surface area contributed by atoms with E-state index in [2.05, 4.69) is 27.6 Å². The number of carbonyl (C=O) groups is 1. The van der Waals surface area contributed by atoms with E-state index in [1.165, 1.54) is 5.56 Å². The van der Waals surface area contributed by atoms with Crippen molar-refractivity contribution in [3.63, 3.8) is 0 Å². The second-order valence-corrected chi connectivity index (χ2v) is 5.57. The Labute approximate surface area is 134 Å². The number of benzene rings is 1. The van der Waals surface area contributed by atoms with Crippen molar-refractivity contribution in [1.82, 2.24) is 19.6 Å². The van der Waals surface area contributed by atoms with Gasteiger partial charge < -0.3 is 5.32 Å². The van der Waals surface area contributed by atoms with E-state index >= 15 is 0 Å². The minimum absolute atomic E-state index is 0.194. The van der Waals surface area contributed by atoms with Crippen molar-refractivity contribution in [3.05, 3.63) is 65.1 Å². The van der Waals surface area contributed by atoms with Crippen LogP contribution in [0.15, 0.2) is 42.6 Å². The van der Waals surface area contributed by atoms with Crippen molar-refractivity contribution in [2.75, 3.05) is 5.32 Å². The first kappa shape index (κ1) is 15.0. The van der Waals surface area contributed by atoms with E-state index in [1.807, 2.05) is 42.8 Å². The average molecular weight is 309 g/mol. The smallest absolute Gasteiger partial charge is 0.260 e. The fourth-order valence-electron chi connectivity index (χ4n) is 2.49. The summed E-state index contributed by atoms with van der Waals surface area (Å²) in [6, 6.07) is 12.0. The highest BCUT2D eigenvalue weighted by atomic mass is 16.1. The summed E-state index contributed by atoms with van der Waals surface area (Å²) in [5.74, 6) is 0.353. The van der Waals surface area contributed by atoms with E-state index in [1.54, 1.807) is 17.9 Å². The van der Waals surface area contributed by atoms with Gasteiger partial charge in [0, 0.05) is 25.0 Å². The van der Waals surface area contributed by atoms with Gasteiger partial charge in [-0.15, -0.1) is 0 Å². The number of nitrogens with zero attached hydrogens (tertiary/aromatic N) is 4. The van der Waals surface area contributed by atoms with E-state index in [0.29, 0.717) is 23.6 Å². The molecule has 6 nitrogen and oxygen atoms in total. The summed E-state index contributed by atoms with van der Waals surface area (Å²) in [6.45, 7) is 4.46. The SMILES string of the molecule is Cc1nn(C)cc1C(=O)Nc1cc(C)n(Cc2ccccc2)n1. The first-order valence-corrected chi connectivity index (χ1v) is 7.43. The number of hydrogen-bond acceptors (Lipinski definition) is 3. The molecule has 118 valence electrons. The van der Waals surface area contributed by atoms with E-state index in [-0.39, 0.29) is 5.91 Å². The highest BCUT2D eigenvalue weighted by Crippen LogP contribution is 2.13. The molecule has 3 rings (SSSR count). The lowest BCUT2D eigenvalue weighted by atomic mass is 10.2. The Morgan fingerprint density at radius 2 is 1.91 bits per heavy atom. The lowest BCUT2D eigenvalue weighted by molar-refractivity contribution is 0.102. The first-order valence-electron chi connectivity index (χ1n) is 7.43. The maximum absolute atomic E-state index is 12.3. The van der Waals surface area contributed by atoms with E-state index < -0.39 is 0 Å². The van der Waals surface area contributed by atoms with Crippen LogP contribution in [0, 0.1) is 13.8 Å². The third-order valence-corrected chi connectivity index (χ3v) is 3.66. The molecule has 1 N–H and O–H groups in total. The van der Waals surface area contributed by atoms with Crippen LogP contribution in [-0.4, -0.2) is 25.5 Å². The fourth-order valence-corrected chi connectivity index (χ4v) is 2.49. The summed E-state index contributed by atoms with van der Waals surface area (Å²) in [4.78, 5) is 12.3. The molecule has 0 spiro atoms. The molecule has 2 aromatic heterocycles. The molecule has 3 aromatic rings. The summed E-state index contributed by atoms with van der Waals surface area (Å²) < 4.78 is 3.50.